The van der Waals surface area contributed by atoms with Gasteiger partial charge in [-0.05, 0) is 68.1 Å². The number of H-pyrrole nitrogens is 1. The molecule has 0 aliphatic carbocycles. The molecule has 1 aromatic heterocycles. The van der Waals surface area contributed by atoms with Crippen molar-refractivity contribution in [2.24, 2.45) is 5.92 Å². The van der Waals surface area contributed by atoms with Crippen LogP contribution in [0.2, 0.25) is 0 Å². The number of imide groups is 1. The summed E-state index contributed by atoms with van der Waals surface area (Å²) in [5.74, 6) is -0.542. The molecule has 3 aliphatic rings. The average Bonchev–Trinajstić information content (AvgIpc) is 3.50. The number of thioether (sulfide) groups is 1. The first-order valence-electron chi connectivity index (χ1n) is 14.0. The number of likely N-dealkylation sites (tertiary alicyclic amines) is 1. The molecule has 2 saturated heterocycles. The third-order valence-corrected chi connectivity index (χ3v) is 10.2. The third-order valence-electron chi connectivity index (χ3n) is 7.84. The monoisotopic (exact) mass is 609 g/mol. The maximum Gasteiger partial charge on any atom is 0.305 e. The van der Waals surface area contributed by atoms with Gasteiger partial charge in [0.25, 0.3) is 5.91 Å². The Morgan fingerprint density at radius 2 is 1.74 bits per heavy atom. The Hall–Kier alpha value is -3.77. The number of ether oxygens (including phenoxy) is 3. The van der Waals surface area contributed by atoms with Crippen LogP contribution in [0, 0.1) is 5.92 Å². The SMILES string of the molecule is CCOc1cc([C@H]2c3sc(=O)[nH]c3SC3C(=O)N(c4ccc(OC)cc4)C(=O)C32)ccc1OCC(=O)N1CCCCC1. The van der Waals surface area contributed by atoms with E-state index in [2.05, 4.69) is 4.98 Å². The van der Waals surface area contributed by atoms with Crippen LogP contribution in [0.3, 0.4) is 0 Å². The zero-order valence-corrected chi connectivity index (χ0v) is 24.9. The van der Waals surface area contributed by atoms with Crippen LogP contribution in [0.4, 0.5) is 5.69 Å². The van der Waals surface area contributed by atoms with Crippen molar-refractivity contribution >= 4 is 46.5 Å². The first-order valence-corrected chi connectivity index (χ1v) is 15.7. The topological polar surface area (TPSA) is 118 Å². The molecule has 4 heterocycles. The molecule has 3 aliphatic heterocycles. The van der Waals surface area contributed by atoms with Gasteiger partial charge in [0.1, 0.15) is 11.0 Å². The number of aromatic nitrogens is 1. The second-order valence-electron chi connectivity index (χ2n) is 10.3. The molecule has 2 fully saturated rings. The molecule has 2 unspecified atom stereocenters. The molecule has 10 nitrogen and oxygen atoms in total. The molecule has 220 valence electrons. The van der Waals surface area contributed by atoms with Gasteiger partial charge in [0.2, 0.25) is 11.8 Å². The van der Waals surface area contributed by atoms with Crippen LogP contribution in [0.1, 0.15) is 42.5 Å². The Morgan fingerprint density at radius 3 is 2.45 bits per heavy atom. The van der Waals surface area contributed by atoms with E-state index >= 15 is 0 Å². The van der Waals surface area contributed by atoms with Gasteiger partial charge in [-0.2, -0.15) is 0 Å². The highest BCUT2D eigenvalue weighted by Gasteiger charge is 2.56. The predicted molar refractivity (Wildman–Crippen MR) is 159 cm³/mol. The second-order valence-corrected chi connectivity index (χ2v) is 12.5. The summed E-state index contributed by atoms with van der Waals surface area (Å²) in [4.78, 5) is 59.2. The van der Waals surface area contributed by atoms with Gasteiger partial charge < -0.3 is 24.1 Å². The molecule has 3 amide bonds. The molecule has 0 bridgehead atoms. The summed E-state index contributed by atoms with van der Waals surface area (Å²) in [6, 6.07) is 12.1. The normalized spacial score (nSPS) is 21.6. The number of anilines is 1. The molecule has 3 aromatic rings. The number of rotatable bonds is 8. The number of fused-ring (bicyclic) bond motifs is 2. The van der Waals surface area contributed by atoms with Gasteiger partial charge in [-0.15, -0.1) is 0 Å². The molecule has 42 heavy (non-hydrogen) atoms. The number of benzene rings is 2. The molecule has 0 saturated carbocycles. The lowest BCUT2D eigenvalue weighted by Crippen LogP contribution is -2.38. The Kier molecular flexibility index (Phi) is 8.00. The van der Waals surface area contributed by atoms with Gasteiger partial charge in [0.05, 0.1) is 30.3 Å². The van der Waals surface area contributed by atoms with Crippen molar-refractivity contribution in [1.29, 1.82) is 0 Å². The fraction of sp³-hybridized carbons (Fsp3) is 0.400. The Labute approximate surface area is 250 Å². The lowest BCUT2D eigenvalue weighted by Gasteiger charge is -2.30. The third kappa shape index (κ3) is 5.17. The summed E-state index contributed by atoms with van der Waals surface area (Å²) >= 11 is 2.28. The van der Waals surface area contributed by atoms with E-state index in [1.807, 2.05) is 17.9 Å². The van der Waals surface area contributed by atoms with E-state index in [1.54, 1.807) is 43.5 Å². The highest BCUT2D eigenvalue weighted by atomic mass is 32.2. The Morgan fingerprint density at radius 1 is 0.976 bits per heavy atom. The van der Waals surface area contributed by atoms with Crippen LogP contribution in [0.5, 0.6) is 17.2 Å². The number of hydrogen-bond donors (Lipinski definition) is 1. The van der Waals surface area contributed by atoms with Crippen molar-refractivity contribution in [3.05, 3.63) is 62.6 Å². The fourth-order valence-corrected chi connectivity index (χ4v) is 8.36. The van der Waals surface area contributed by atoms with Gasteiger partial charge in [0.15, 0.2) is 18.1 Å². The number of methoxy groups -OCH3 is 1. The molecular weight excluding hydrogens is 578 g/mol. The van der Waals surface area contributed by atoms with Crippen molar-refractivity contribution in [1.82, 2.24) is 9.88 Å². The number of nitrogens with zero attached hydrogens (tertiary/aromatic N) is 2. The van der Waals surface area contributed by atoms with Gasteiger partial charge in [-0.3, -0.25) is 19.2 Å². The fourth-order valence-electron chi connectivity index (χ4n) is 5.84. The highest BCUT2D eigenvalue weighted by molar-refractivity contribution is 8.00. The Balaban J connectivity index is 1.33. The summed E-state index contributed by atoms with van der Waals surface area (Å²) in [5, 5.41) is -0.115. The second kappa shape index (κ2) is 11.8. The molecule has 2 aromatic carbocycles. The number of thiazole rings is 1. The molecule has 0 radical (unpaired) electrons. The zero-order chi connectivity index (χ0) is 29.4. The average molecular weight is 610 g/mol. The van der Waals surface area contributed by atoms with Crippen LogP contribution in [-0.2, 0) is 14.4 Å². The maximum absolute atomic E-state index is 14.0. The molecular formula is C30H31N3O7S2. The van der Waals surface area contributed by atoms with Crippen LogP contribution >= 0.6 is 23.1 Å². The van der Waals surface area contributed by atoms with Gasteiger partial charge in [-0.25, -0.2) is 4.90 Å². The van der Waals surface area contributed by atoms with E-state index in [4.69, 9.17) is 14.2 Å². The van der Waals surface area contributed by atoms with Crippen LogP contribution in [0.15, 0.2) is 52.3 Å². The van der Waals surface area contributed by atoms with E-state index < -0.39 is 17.1 Å². The number of carbonyl (C=O) groups is 3. The summed E-state index contributed by atoms with van der Waals surface area (Å²) in [5.41, 5.74) is 1.19. The minimum absolute atomic E-state index is 0.0659. The largest absolute Gasteiger partial charge is 0.497 e. The first-order chi connectivity index (χ1) is 20.4. The smallest absolute Gasteiger partial charge is 0.305 e. The lowest BCUT2D eigenvalue weighted by molar-refractivity contribution is -0.134. The number of hydrogen-bond acceptors (Lipinski definition) is 9. The van der Waals surface area contributed by atoms with Crippen molar-refractivity contribution in [3.8, 4) is 17.2 Å². The van der Waals surface area contributed by atoms with Gasteiger partial charge in [0, 0.05) is 23.9 Å². The number of piperidine rings is 1. The summed E-state index contributed by atoms with van der Waals surface area (Å²) in [6.45, 7) is 3.59. The van der Waals surface area contributed by atoms with Gasteiger partial charge >= 0.3 is 4.87 Å². The van der Waals surface area contributed by atoms with Crippen molar-refractivity contribution in [2.75, 3.05) is 38.3 Å². The number of carbonyl (C=O) groups excluding carboxylic acids is 3. The van der Waals surface area contributed by atoms with E-state index in [9.17, 15) is 19.2 Å². The van der Waals surface area contributed by atoms with Crippen LogP contribution in [-0.4, -0.2) is 66.3 Å². The molecule has 12 heteroatoms. The molecule has 1 N–H and O–H groups in total. The van der Waals surface area contributed by atoms with E-state index in [-0.39, 0.29) is 29.2 Å². The van der Waals surface area contributed by atoms with E-state index in [0.717, 1.165) is 49.3 Å². The van der Waals surface area contributed by atoms with Crippen molar-refractivity contribution in [2.45, 2.75) is 42.4 Å². The standard InChI is InChI=1S/C30H31N3O7S2/c1-3-39-21-15-17(7-12-20(21)40-16-22(34)32-13-5-4-6-14-32)23-24-26(41-27-25(23)42-30(37)31-27)29(36)33(28(24)35)18-8-10-19(38-2)11-9-18/h7-12,15,23-24,26H,3-6,13-14,16H2,1-2H3,(H,31,37)/t23-,24?,26?/m1/s1. The van der Waals surface area contributed by atoms with Crippen molar-refractivity contribution in [3.63, 3.8) is 0 Å². The maximum atomic E-state index is 14.0. The molecule has 0 spiro atoms. The predicted octanol–water partition coefficient (Wildman–Crippen LogP) is 4.03. The van der Waals surface area contributed by atoms with E-state index in [0.29, 0.717) is 39.4 Å². The number of nitrogens with one attached hydrogen (secondary N) is 1. The Bertz CT molecular complexity index is 1560. The van der Waals surface area contributed by atoms with Crippen molar-refractivity contribution < 1.29 is 28.6 Å². The first kappa shape index (κ1) is 28.4. The van der Waals surface area contributed by atoms with Gasteiger partial charge in [-0.1, -0.05) is 29.2 Å². The number of amides is 3. The molecule has 6 rings (SSSR count). The summed E-state index contributed by atoms with van der Waals surface area (Å²) < 4.78 is 17.1. The molecule has 3 atom stereocenters. The van der Waals surface area contributed by atoms with Crippen LogP contribution < -0.4 is 24.0 Å². The summed E-state index contributed by atoms with van der Waals surface area (Å²) in [7, 11) is 1.55. The number of aromatic amines is 1. The minimum Gasteiger partial charge on any atom is -0.497 e. The lowest BCUT2D eigenvalue weighted by atomic mass is 9.83. The van der Waals surface area contributed by atoms with Crippen LogP contribution in [0.25, 0.3) is 0 Å². The zero-order valence-electron chi connectivity index (χ0n) is 23.3. The quantitative estimate of drug-likeness (QED) is 0.381. The van der Waals surface area contributed by atoms with E-state index in [1.165, 1.54) is 16.7 Å². The highest BCUT2D eigenvalue weighted by Crippen LogP contribution is 2.53. The summed E-state index contributed by atoms with van der Waals surface area (Å²) in [6.07, 6.45) is 3.12. The minimum atomic E-state index is -0.731.